The molecule has 0 unspecified atom stereocenters. The summed E-state index contributed by atoms with van der Waals surface area (Å²) in [6, 6.07) is 5.29. The highest BCUT2D eigenvalue weighted by molar-refractivity contribution is 6.31. The number of carbonyl (C=O) groups is 1. The number of benzene rings is 1. The van der Waals surface area contributed by atoms with Crippen molar-refractivity contribution in [1.29, 1.82) is 0 Å². The molecule has 6 heteroatoms. The zero-order valence-corrected chi connectivity index (χ0v) is 9.25. The van der Waals surface area contributed by atoms with E-state index in [9.17, 15) is 4.79 Å². The van der Waals surface area contributed by atoms with Gasteiger partial charge in [0.25, 0.3) is 5.91 Å². The molecule has 0 bridgehead atoms. The van der Waals surface area contributed by atoms with Crippen molar-refractivity contribution in [2.24, 2.45) is 0 Å². The van der Waals surface area contributed by atoms with Gasteiger partial charge in [-0.1, -0.05) is 17.7 Å². The first-order valence-electron chi connectivity index (χ1n) is 4.60. The fraction of sp³-hybridized carbons (Fsp3) is 0.100. The lowest BCUT2D eigenvalue weighted by Crippen LogP contribution is -2.13. The van der Waals surface area contributed by atoms with Crippen LogP contribution in [0, 0.1) is 6.92 Å². The van der Waals surface area contributed by atoms with E-state index in [-0.39, 0.29) is 11.6 Å². The van der Waals surface area contributed by atoms with Crippen LogP contribution in [-0.4, -0.2) is 21.3 Å². The zero-order chi connectivity index (χ0) is 11.5. The van der Waals surface area contributed by atoms with Crippen molar-refractivity contribution in [3.05, 3.63) is 40.7 Å². The summed E-state index contributed by atoms with van der Waals surface area (Å²) in [5, 5.41) is 12.9. The molecule has 0 aliphatic heterocycles. The Kier molecular flexibility index (Phi) is 2.87. The minimum absolute atomic E-state index is 0.236. The van der Waals surface area contributed by atoms with Crippen LogP contribution in [0.4, 0.5) is 5.69 Å². The van der Waals surface area contributed by atoms with Gasteiger partial charge in [0.15, 0.2) is 5.69 Å². The summed E-state index contributed by atoms with van der Waals surface area (Å²) in [7, 11) is 0. The van der Waals surface area contributed by atoms with E-state index in [0.717, 1.165) is 5.56 Å². The van der Waals surface area contributed by atoms with Crippen LogP contribution < -0.4 is 5.32 Å². The number of nitrogens with zero attached hydrogens (tertiary/aromatic N) is 2. The molecule has 16 heavy (non-hydrogen) atoms. The van der Waals surface area contributed by atoms with Gasteiger partial charge in [-0.25, -0.2) is 0 Å². The number of rotatable bonds is 2. The number of anilines is 1. The molecule has 1 aromatic heterocycles. The fourth-order valence-corrected chi connectivity index (χ4v) is 1.40. The predicted octanol–water partition coefficient (Wildman–Crippen LogP) is 2.02. The predicted molar refractivity (Wildman–Crippen MR) is 60.5 cm³/mol. The lowest BCUT2D eigenvalue weighted by Gasteiger charge is -2.06. The van der Waals surface area contributed by atoms with E-state index >= 15 is 0 Å². The van der Waals surface area contributed by atoms with E-state index < -0.39 is 0 Å². The van der Waals surface area contributed by atoms with Gasteiger partial charge in [-0.3, -0.25) is 4.79 Å². The first-order valence-corrected chi connectivity index (χ1v) is 4.98. The second-order valence-electron chi connectivity index (χ2n) is 3.27. The monoisotopic (exact) mass is 236 g/mol. The molecule has 0 aliphatic rings. The Hall–Kier alpha value is -1.88. The summed E-state index contributed by atoms with van der Waals surface area (Å²) in [6.07, 6.45) is 1.36. The van der Waals surface area contributed by atoms with Crippen molar-refractivity contribution in [2.45, 2.75) is 6.92 Å². The number of H-pyrrole nitrogens is 1. The van der Waals surface area contributed by atoms with Crippen LogP contribution in [0.5, 0.6) is 0 Å². The van der Waals surface area contributed by atoms with E-state index in [1.54, 1.807) is 12.1 Å². The molecule has 1 amide bonds. The van der Waals surface area contributed by atoms with Gasteiger partial charge in [-0.2, -0.15) is 15.4 Å². The molecule has 0 radical (unpaired) electrons. The Morgan fingerprint density at radius 2 is 2.31 bits per heavy atom. The molecule has 2 aromatic rings. The quantitative estimate of drug-likeness (QED) is 0.838. The largest absolute Gasteiger partial charge is 0.320 e. The third-order valence-corrected chi connectivity index (χ3v) is 2.33. The standard InChI is InChI=1S/C10H9ClN4O/c1-6-2-3-7(11)4-8(6)13-10(16)9-5-12-15-14-9/h2-5H,1H3,(H,13,16)(H,12,14,15). The Balaban J connectivity index is 2.21. The third kappa shape index (κ3) is 2.20. The second-order valence-corrected chi connectivity index (χ2v) is 3.71. The van der Waals surface area contributed by atoms with Gasteiger partial charge >= 0.3 is 0 Å². The molecule has 0 aliphatic carbocycles. The number of aromatic amines is 1. The minimum Gasteiger partial charge on any atom is -0.320 e. The summed E-state index contributed by atoms with van der Waals surface area (Å²) in [5.41, 5.74) is 1.83. The maximum Gasteiger partial charge on any atom is 0.277 e. The average Bonchev–Trinajstić information content (AvgIpc) is 2.76. The lowest BCUT2D eigenvalue weighted by atomic mass is 10.2. The van der Waals surface area contributed by atoms with Crippen LogP contribution in [0.1, 0.15) is 16.1 Å². The second kappa shape index (κ2) is 4.32. The summed E-state index contributed by atoms with van der Waals surface area (Å²) in [5.74, 6) is -0.320. The van der Waals surface area contributed by atoms with E-state index in [2.05, 4.69) is 20.7 Å². The normalized spacial score (nSPS) is 10.1. The van der Waals surface area contributed by atoms with Crippen LogP contribution >= 0.6 is 11.6 Å². The molecule has 2 rings (SSSR count). The fourth-order valence-electron chi connectivity index (χ4n) is 1.23. The molecule has 1 heterocycles. The molecule has 0 spiro atoms. The van der Waals surface area contributed by atoms with Gasteiger partial charge < -0.3 is 5.32 Å². The van der Waals surface area contributed by atoms with Crippen molar-refractivity contribution in [3.8, 4) is 0 Å². The number of carbonyl (C=O) groups excluding carboxylic acids is 1. The van der Waals surface area contributed by atoms with Crippen molar-refractivity contribution in [2.75, 3.05) is 5.32 Å². The van der Waals surface area contributed by atoms with Crippen LogP contribution in [0.15, 0.2) is 24.4 Å². The molecular weight excluding hydrogens is 228 g/mol. The number of aromatic nitrogens is 3. The Bertz CT molecular complexity index is 510. The molecule has 0 atom stereocenters. The van der Waals surface area contributed by atoms with Crippen molar-refractivity contribution < 1.29 is 4.79 Å². The summed E-state index contributed by atoms with van der Waals surface area (Å²) >= 11 is 5.84. The smallest absolute Gasteiger partial charge is 0.277 e. The van der Waals surface area contributed by atoms with E-state index in [1.807, 2.05) is 13.0 Å². The first kappa shape index (κ1) is 10.6. The number of amides is 1. The van der Waals surface area contributed by atoms with Crippen LogP contribution in [0.3, 0.4) is 0 Å². The van der Waals surface area contributed by atoms with Crippen LogP contribution in [0.25, 0.3) is 0 Å². The highest BCUT2D eigenvalue weighted by Crippen LogP contribution is 2.20. The topological polar surface area (TPSA) is 70.7 Å². The molecule has 0 saturated heterocycles. The Morgan fingerprint density at radius 1 is 1.50 bits per heavy atom. The van der Waals surface area contributed by atoms with Gasteiger partial charge in [0.1, 0.15) is 0 Å². The number of hydrogen-bond donors (Lipinski definition) is 2. The molecule has 5 nitrogen and oxygen atoms in total. The van der Waals surface area contributed by atoms with Gasteiger partial charge in [0.05, 0.1) is 6.20 Å². The van der Waals surface area contributed by atoms with Crippen LogP contribution in [-0.2, 0) is 0 Å². The summed E-state index contributed by atoms with van der Waals surface area (Å²) < 4.78 is 0. The SMILES string of the molecule is Cc1ccc(Cl)cc1NC(=O)c1cn[nH]n1. The molecule has 1 aromatic carbocycles. The number of aryl methyl sites for hydroxylation is 1. The highest BCUT2D eigenvalue weighted by Gasteiger charge is 2.10. The molecular formula is C10H9ClN4O. The Morgan fingerprint density at radius 3 is 3.00 bits per heavy atom. The maximum absolute atomic E-state index is 11.7. The lowest BCUT2D eigenvalue weighted by molar-refractivity contribution is 0.102. The number of halogens is 1. The van der Waals surface area contributed by atoms with E-state index in [4.69, 9.17) is 11.6 Å². The molecule has 82 valence electrons. The van der Waals surface area contributed by atoms with Gasteiger partial charge in [-0.05, 0) is 24.6 Å². The zero-order valence-electron chi connectivity index (χ0n) is 8.49. The van der Waals surface area contributed by atoms with Crippen molar-refractivity contribution in [3.63, 3.8) is 0 Å². The van der Waals surface area contributed by atoms with Gasteiger partial charge in [0, 0.05) is 10.7 Å². The van der Waals surface area contributed by atoms with Gasteiger partial charge in [-0.15, -0.1) is 0 Å². The molecule has 0 fully saturated rings. The third-order valence-electron chi connectivity index (χ3n) is 2.10. The van der Waals surface area contributed by atoms with E-state index in [1.165, 1.54) is 6.20 Å². The Labute approximate surface area is 96.8 Å². The number of hydrogen-bond acceptors (Lipinski definition) is 3. The molecule has 2 N–H and O–H groups in total. The highest BCUT2D eigenvalue weighted by atomic mass is 35.5. The first-order chi connectivity index (χ1) is 7.66. The van der Waals surface area contributed by atoms with Crippen molar-refractivity contribution >= 4 is 23.2 Å². The molecule has 0 saturated carbocycles. The summed E-state index contributed by atoms with van der Waals surface area (Å²) in [6.45, 7) is 1.88. The van der Waals surface area contributed by atoms with Crippen molar-refractivity contribution in [1.82, 2.24) is 15.4 Å². The van der Waals surface area contributed by atoms with Gasteiger partial charge in [0.2, 0.25) is 0 Å². The minimum atomic E-state index is -0.320. The average molecular weight is 237 g/mol. The maximum atomic E-state index is 11.7. The van der Waals surface area contributed by atoms with Crippen LogP contribution in [0.2, 0.25) is 5.02 Å². The summed E-state index contributed by atoms with van der Waals surface area (Å²) in [4.78, 5) is 11.7. The van der Waals surface area contributed by atoms with E-state index in [0.29, 0.717) is 10.7 Å². The number of nitrogens with one attached hydrogen (secondary N) is 2.